The second kappa shape index (κ2) is 12.2. The van der Waals surface area contributed by atoms with Gasteiger partial charge < -0.3 is 19.5 Å². The van der Waals surface area contributed by atoms with Crippen molar-refractivity contribution in [2.24, 2.45) is 0 Å². The van der Waals surface area contributed by atoms with Crippen LogP contribution in [0.3, 0.4) is 0 Å². The molecule has 2 aromatic rings. The summed E-state index contributed by atoms with van der Waals surface area (Å²) in [5.41, 5.74) is 3.24. The molecule has 200 valence electrons. The zero-order chi connectivity index (χ0) is 25.8. The van der Waals surface area contributed by atoms with Crippen molar-refractivity contribution in [3.63, 3.8) is 0 Å². The van der Waals surface area contributed by atoms with E-state index in [1.54, 1.807) is 0 Å². The minimum atomic E-state index is -0.427. The van der Waals surface area contributed by atoms with Crippen molar-refractivity contribution in [2.75, 3.05) is 32.8 Å². The Morgan fingerprint density at radius 2 is 1.86 bits per heavy atom. The molecule has 3 aliphatic heterocycles. The number of aliphatic hydroxyl groups is 1. The number of nitrogens with zero attached hydrogens (tertiary/aromatic N) is 2. The third-order valence-corrected chi connectivity index (χ3v) is 8.32. The normalized spacial score (nSPS) is 26.5. The molecule has 0 aromatic heterocycles. The van der Waals surface area contributed by atoms with Crippen LogP contribution in [0.2, 0.25) is 5.02 Å². The fourth-order valence-corrected chi connectivity index (χ4v) is 6.26. The molecule has 3 fully saturated rings. The molecular weight excluding hydrogens is 488 g/mol. The summed E-state index contributed by atoms with van der Waals surface area (Å²) < 4.78 is 12.1. The van der Waals surface area contributed by atoms with Crippen molar-refractivity contribution in [2.45, 2.75) is 76.2 Å². The van der Waals surface area contributed by atoms with Crippen molar-refractivity contribution < 1.29 is 19.4 Å². The molecule has 37 heavy (non-hydrogen) atoms. The molecule has 0 radical (unpaired) electrons. The monoisotopic (exact) mass is 526 g/mol. The smallest absolute Gasteiger partial charge is 0.239 e. The van der Waals surface area contributed by atoms with Crippen LogP contribution in [0.25, 0.3) is 0 Å². The van der Waals surface area contributed by atoms with Gasteiger partial charge in [-0.1, -0.05) is 35.9 Å². The van der Waals surface area contributed by atoms with E-state index in [9.17, 15) is 9.90 Å². The van der Waals surface area contributed by atoms with Gasteiger partial charge in [-0.3, -0.25) is 9.69 Å². The first kappa shape index (κ1) is 26.5. The average Bonchev–Trinajstić information content (AvgIpc) is 3.59. The second-order valence-corrected chi connectivity index (χ2v) is 11.1. The summed E-state index contributed by atoms with van der Waals surface area (Å²) in [6.45, 7) is 6.00. The second-order valence-electron chi connectivity index (χ2n) is 10.7. The summed E-state index contributed by atoms with van der Waals surface area (Å²) in [6, 6.07) is 14.1. The Balaban J connectivity index is 1.25. The summed E-state index contributed by atoms with van der Waals surface area (Å²) in [6.07, 6.45) is 5.33. The highest BCUT2D eigenvalue weighted by molar-refractivity contribution is 6.31. The number of hydrogen-bond acceptors (Lipinski definition) is 5. The van der Waals surface area contributed by atoms with Crippen LogP contribution < -0.4 is 4.74 Å². The van der Waals surface area contributed by atoms with Gasteiger partial charge in [-0.05, 0) is 80.5 Å². The predicted octanol–water partition coefficient (Wildman–Crippen LogP) is 5.00. The van der Waals surface area contributed by atoms with Crippen molar-refractivity contribution in [1.82, 2.24) is 9.80 Å². The number of likely N-dealkylation sites (tertiary alicyclic amines) is 2. The lowest BCUT2D eigenvalue weighted by molar-refractivity contribution is -0.137. The average molecular weight is 527 g/mol. The Bertz CT molecular complexity index is 1060. The van der Waals surface area contributed by atoms with Crippen molar-refractivity contribution in [1.29, 1.82) is 0 Å². The SMILES string of the molecule is CCOc1ccc(Cc2cc(C3CC(O)CC(CN4CCCC4C(=O)N4CCCC4)O3)ccc2Cl)cc1. The number of halogens is 1. The molecule has 5 rings (SSSR count). The number of ether oxygens (including phenoxy) is 2. The lowest BCUT2D eigenvalue weighted by atomic mass is 9.93. The molecule has 6 nitrogen and oxygen atoms in total. The van der Waals surface area contributed by atoms with Crippen LogP contribution in [0.5, 0.6) is 5.75 Å². The molecule has 1 N–H and O–H groups in total. The summed E-state index contributed by atoms with van der Waals surface area (Å²) >= 11 is 6.58. The topological polar surface area (TPSA) is 62.2 Å². The van der Waals surface area contributed by atoms with Crippen molar-refractivity contribution in [3.8, 4) is 5.75 Å². The van der Waals surface area contributed by atoms with Crippen molar-refractivity contribution >= 4 is 17.5 Å². The van der Waals surface area contributed by atoms with Gasteiger partial charge in [-0.25, -0.2) is 0 Å². The van der Waals surface area contributed by atoms with Crippen LogP contribution in [-0.4, -0.2) is 71.8 Å². The van der Waals surface area contributed by atoms with E-state index in [0.717, 1.165) is 72.8 Å². The lowest BCUT2D eigenvalue weighted by Gasteiger charge is -2.37. The molecule has 3 saturated heterocycles. The van der Waals surface area contributed by atoms with Crippen LogP contribution in [0, 0.1) is 0 Å². The van der Waals surface area contributed by atoms with Gasteiger partial charge in [0.25, 0.3) is 0 Å². The Kier molecular flexibility index (Phi) is 8.71. The number of carbonyl (C=O) groups excluding carboxylic acids is 1. The molecule has 0 bridgehead atoms. The van der Waals surface area contributed by atoms with Crippen LogP contribution >= 0.6 is 11.6 Å². The highest BCUT2D eigenvalue weighted by Gasteiger charge is 2.38. The minimum absolute atomic E-state index is 0.0459. The maximum atomic E-state index is 13.1. The fraction of sp³-hybridized carbons (Fsp3) is 0.567. The molecule has 2 aromatic carbocycles. The first-order valence-corrected chi connectivity index (χ1v) is 14.2. The van der Waals surface area contributed by atoms with E-state index in [4.69, 9.17) is 21.1 Å². The molecule has 0 spiro atoms. The number of amides is 1. The van der Waals surface area contributed by atoms with Gasteiger partial charge in [0.15, 0.2) is 0 Å². The van der Waals surface area contributed by atoms with Crippen LogP contribution in [0.1, 0.15) is 68.2 Å². The molecular formula is C30H39ClN2O4. The number of benzene rings is 2. The third-order valence-electron chi connectivity index (χ3n) is 7.95. The first-order valence-electron chi connectivity index (χ1n) is 13.9. The van der Waals surface area contributed by atoms with Crippen LogP contribution in [0.15, 0.2) is 42.5 Å². The van der Waals surface area contributed by atoms with Gasteiger partial charge in [0.05, 0.1) is 31.0 Å². The first-order chi connectivity index (χ1) is 18.0. The van der Waals surface area contributed by atoms with E-state index in [0.29, 0.717) is 32.4 Å². The fourth-order valence-electron chi connectivity index (χ4n) is 6.08. The number of carbonyl (C=O) groups is 1. The standard InChI is InChI=1S/C30H39ClN2O4/c1-2-36-25-10-7-21(8-11-25)16-23-17-22(9-12-27(23)31)29-19-24(34)18-26(37-29)20-33-15-5-6-28(33)30(35)32-13-3-4-14-32/h7-12,17,24,26,28-29,34H,2-6,13-16,18-20H2,1H3. The Hall–Kier alpha value is -2.12. The number of rotatable bonds is 8. The van der Waals surface area contributed by atoms with Gasteiger partial charge in [0.2, 0.25) is 5.91 Å². The molecule has 4 atom stereocenters. The van der Waals surface area contributed by atoms with Gasteiger partial charge in [-0.15, -0.1) is 0 Å². The zero-order valence-corrected chi connectivity index (χ0v) is 22.5. The third kappa shape index (κ3) is 6.48. The van der Waals surface area contributed by atoms with Crippen molar-refractivity contribution in [3.05, 3.63) is 64.2 Å². The quantitative estimate of drug-likeness (QED) is 0.524. The molecule has 4 unspecified atom stereocenters. The van der Waals surface area contributed by atoms with E-state index in [1.807, 2.05) is 36.1 Å². The van der Waals surface area contributed by atoms with E-state index in [-0.39, 0.29) is 24.2 Å². The minimum Gasteiger partial charge on any atom is -0.494 e. The zero-order valence-electron chi connectivity index (χ0n) is 21.8. The highest BCUT2D eigenvalue weighted by Crippen LogP contribution is 2.35. The lowest BCUT2D eigenvalue weighted by Crippen LogP contribution is -2.48. The molecule has 3 aliphatic rings. The Labute approximate surface area is 225 Å². The van der Waals surface area contributed by atoms with Gasteiger partial charge in [0.1, 0.15) is 5.75 Å². The van der Waals surface area contributed by atoms with Gasteiger partial charge in [-0.2, -0.15) is 0 Å². The molecule has 0 saturated carbocycles. The van der Waals surface area contributed by atoms with Gasteiger partial charge >= 0.3 is 0 Å². The summed E-state index contributed by atoms with van der Waals surface area (Å²) in [5, 5.41) is 11.5. The van der Waals surface area contributed by atoms with E-state index in [2.05, 4.69) is 23.1 Å². The highest BCUT2D eigenvalue weighted by atomic mass is 35.5. The van der Waals surface area contributed by atoms with Crippen LogP contribution in [-0.2, 0) is 16.0 Å². The number of aliphatic hydroxyl groups excluding tert-OH is 1. The largest absolute Gasteiger partial charge is 0.494 e. The maximum absolute atomic E-state index is 13.1. The summed E-state index contributed by atoms with van der Waals surface area (Å²) in [5.74, 6) is 1.14. The van der Waals surface area contributed by atoms with E-state index < -0.39 is 6.10 Å². The maximum Gasteiger partial charge on any atom is 0.239 e. The van der Waals surface area contributed by atoms with Crippen LogP contribution in [0.4, 0.5) is 0 Å². The van der Waals surface area contributed by atoms with E-state index >= 15 is 0 Å². The van der Waals surface area contributed by atoms with E-state index in [1.165, 1.54) is 0 Å². The molecule has 7 heteroatoms. The Morgan fingerprint density at radius 1 is 1.08 bits per heavy atom. The summed E-state index contributed by atoms with van der Waals surface area (Å²) in [7, 11) is 0. The molecule has 3 heterocycles. The summed E-state index contributed by atoms with van der Waals surface area (Å²) in [4.78, 5) is 17.4. The molecule has 0 aliphatic carbocycles. The Morgan fingerprint density at radius 3 is 2.62 bits per heavy atom. The molecule has 1 amide bonds. The predicted molar refractivity (Wildman–Crippen MR) is 145 cm³/mol. The number of hydrogen-bond donors (Lipinski definition) is 1. The van der Waals surface area contributed by atoms with Gasteiger partial charge in [0, 0.05) is 37.5 Å².